The zero-order valence-electron chi connectivity index (χ0n) is 14.0. The number of nitrogens with two attached hydrogens (primary N) is 1. The number of hydrogen-bond donors (Lipinski definition) is 2. The molecule has 0 heterocycles. The maximum absolute atomic E-state index is 11.3. The monoisotopic (exact) mass is 327 g/mol. The Bertz CT molecular complexity index is 435. The standard InChI is InChI=1S/C15H29NO2Si2.O/c1-19(2,3)13-9-7-8-10-15(13,20(4,5)6)11-12(16)14(17)18;/h7-10,12-13H,11,16H2,1-6H3,(H,17,18);/t12-,13?,15?;/m0./s1. The van der Waals surface area contributed by atoms with Gasteiger partial charge in [0.1, 0.15) is 6.04 Å². The SMILES string of the molecule is C[Si](C)(C)C1C=CC=CC1(C[C@H](N)C(=O)O)[Si](C)(C)C.[O]. The Balaban J connectivity index is 0.00000400. The lowest BCUT2D eigenvalue weighted by molar-refractivity contribution is -0.138. The summed E-state index contributed by atoms with van der Waals surface area (Å²) in [5, 5.41) is 9.19. The molecule has 4 nitrogen and oxygen atoms in total. The first-order valence-electron chi connectivity index (χ1n) is 7.26. The summed E-state index contributed by atoms with van der Waals surface area (Å²) in [6.45, 7) is 14.1. The van der Waals surface area contributed by atoms with Crippen LogP contribution in [-0.2, 0) is 10.3 Å². The van der Waals surface area contributed by atoms with E-state index in [9.17, 15) is 9.90 Å². The number of rotatable bonds is 5. The molecule has 0 aromatic rings. The first-order valence-corrected chi connectivity index (χ1v) is 14.3. The van der Waals surface area contributed by atoms with E-state index in [1.165, 1.54) is 0 Å². The molecule has 0 fully saturated rings. The molecule has 0 aliphatic heterocycles. The van der Waals surface area contributed by atoms with Crippen molar-refractivity contribution in [3.63, 3.8) is 0 Å². The number of aliphatic carboxylic acids is 1. The van der Waals surface area contributed by atoms with Crippen LogP contribution in [0.3, 0.4) is 0 Å². The summed E-state index contributed by atoms with van der Waals surface area (Å²) in [7, 11) is -3.09. The Hall–Kier alpha value is -0.696. The normalized spacial score (nSPS) is 27.1. The summed E-state index contributed by atoms with van der Waals surface area (Å²) in [5.41, 5.74) is 6.37. The minimum Gasteiger partial charge on any atom is -0.480 e. The van der Waals surface area contributed by atoms with E-state index < -0.39 is 28.2 Å². The van der Waals surface area contributed by atoms with Gasteiger partial charge >= 0.3 is 5.97 Å². The highest BCUT2D eigenvalue weighted by Gasteiger charge is 2.52. The quantitative estimate of drug-likeness (QED) is 0.756. The molecular formula is C15H29NO3Si2. The van der Waals surface area contributed by atoms with Gasteiger partial charge in [0, 0.05) is 5.48 Å². The molecule has 0 spiro atoms. The van der Waals surface area contributed by atoms with E-state index in [1.807, 2.05) is 0 Å². The maximum Gasteiger partial charge on any atom is 0.320 e. The number of carboxylic acids is 1. The second-order valence-electron chi connectivity index (χ2n) is 8.03. The zero-order valence-corrected chi connectivity index (χ0v) is 16.0. The van der Waals surface area contributed by atoms with Crippen molar-refractivity contribution in [3.05, 3.63) is 24.3 Å². The number of hydrogen-bond acceptors (Lipinski definition) is 2. The first-order chi connectivity index (χ1) is 8.92. The largest absolute Gasteiger partial charge is 0.480 e. The van der Waals surface area contributed by atoms with Gasteiger partial charge in [0.15, 0.2) is 0 Å². The molecule has 120 valence electrons. The summed E-state index contributed by atoms with van der Waals surface area (Å²) in [4.78, 5) is 11.3. The molecule has 1 aliphatic rings. The molecule has 2 unspecified atom stereocenters. The zero-order chi connectivity index (χ0) is 15.8. The van der Waals surface area contributed by atoms with Gasteiger partial charge in [-0.3, -0.25) is 4.79 Å². The van der Waals surface area contributed by atoms with Gasteiger partial charge in [0.2, 0.25) is 0 Å². The molecule has 2 radical (unpaired) electrons. The van der Waals surface area contributed by atoms with Crippen molar-refractivity contribution < 1.29 is 15.4 Å². The van der Waals surface area contributed by atoms with E-state index in [2.05, 4.69) is 63.6 Å². The lowest BCUT2D eigenvalue weighted by Gasteiger charge is -2.52. The fourth-order valence-corrected chi connectivity index (χ4v) is 10.9. The van der Waals surface area contributed by atoms with Crippen molar-refractivity contribution in [2.24, 2.45) is 5.73 Å². The van der Waals surface area contributed by atoms with E-state index in [4.69, 9.17) is 5.73 Å². The van der Waals surface area contributed by atoms with Crippen LogP contribution in [0.2, 0.25) is 49.9 Å². The van der Waals surface area contributed by atoms with Crippen LogP contribution in [0, 0.1) is 0 Å². The van der Waals surface area contributed by atoms with Crippen LogP contribution in [0.5, 0.6) is 0 Å². The third-order valence-corrected chi connectivity index (χ3v) is 10.9. The minimum absolute atomic E-state index is 0. The molecule has 1 rings (SSSR count). The van der Waals surface area contributed by atoms with E-state index in [-0.39, 0.29) is 10.5 Å². The predicted octanol–water partition coefficient (Wildman–Crippen LogP) is 3.58. The van der Waals surface area contributed by atoms with Crippen molar-refractivity contribution in [1.29, 1.82) is 0 Å². The highest BCUT2D eigenvalue weighted by Crippen LogP contribution is 2.59. The van der Waals surface area contributed by atoms with E-state index in [0.717, 1.165) is 0 Å². The molecule has 3 N–H and O–H groups in total. The summed E-state index contributed by atoms with van der Waals surface area (Å²) in [5.74, 6) is -0.889. The van der Waals surface area contributed by atoms with Crippen LogP contribution >= 0.6 is 0 Å². The first kappa shape index (κ1) is 20.3. The third kappa shape index (κ3) is 4.15. The van der Waals surface area contributed by atoms with Crippen LogP contribution in [0.4, 0.5) is 0 Å². The van der Waals surface area contributed by atoms with Crippen molar-refractivity contribution >= 4 is 22.1 Å². The minimum atomic E-state index is -1.63. The van der Waals surface area contributed by atoms with Gasteiger partial charge in [-0.15, -0.1) is 0 Å². The van der Waals surface area contributed by atoms with Gasteiger partial charge in [-0.1, -0.05) is 63.6 Å². The van der Waals surface area contributed by atoms with Crippen LogP contribution in [0.25, 0.3) is 0 Å². The second-order valence-corrected chi connectivity index (χ2v) is 18.8. The second kappa shape index (κ2) is 6.60. The molecular weight excluding hydrogens is 298 g/mol. The summed E-state index contributed by atoms with van der Waals surface area (Å²) in [6.07, 6.45) is 9.33. The van der Waals surface area contributed by atoms with Crippen LogP contribution in [-0.4, -0.2) is 33.3 Å². The highest BCUT2D eigenvalue weighted by atomic mass is 28.3. The fourth-order valence-electron chi connectivity index (χ4n) is 3.41. The highest BCUT2D eigenvalue weighted by molar-refractivity contribution is 6.85. The van der Waals surface area contributed by atoms with Gasteiger partial charge in [-0.2, -0.15) is 0 Å². The van der Waals surface area contributed by atoms with Gasteiger partial charge in [0.05, 0.1) is 16.1 Å². The van der Waals surface area contributed by atoms with Gasteiger partial charge in [0.25, 0.3) is 0 Å². The number of allylic oxidation sites excluding steroid dienone is 4. The molecule has 0 bridgehead atoms. The Kier molecular flexibility index (Phi) is 6.38. The molecule has 21 heavy (non-hydrogen) atoms. The van der Waals surface area contributed by atoms with Gasteiger partial charge < -0.3 is 10.8 Å². The molecule has 0 aromatic heterocycles. The lowest BCUT2D eigenvalue weighted by atomic mass is 9.91. The molecule has 1 aliphatic carbocycles. The molecule has 0 saturated heterocycles. The maximum atomic E-state index is 11.3. The molecule has 6 heteroatoms. The van der Waals surface area contributed by atoms with Crippen LogP contribution in [0.1, 0.15) is 6.42 Å². The van der Waals surface area contributed by atoms with Crippen molar-refractivity contribution in [2.45, 2.75) is 62.3 Å². The summed E-state index contributed by atoms with van der Waals surface area (Å²) >= 11 is 0. The van der Waals surface area contributed by atoms with E-state index in [1.54, 1.807) is 0 Å². The van der Waals surface area contributed by atoms with Crippen molar-refractivity contribution in [1.82, 2.24) is 0 Å². The lowest BCUT2D eigenvalue weighted by Crippen LogP contribution is -2.51. The van der Waals surface area contributed by atoms with Gasteiger partial charge in [-0.25, -0.2) is 0 Å². The van der Waals surface area contributed by atoms with Gasteiger partial charge in [-0.05, 0) is 17.0 Å². The van der Waals surface area contributed by atoms with Crippen molar-refractivity contribution in [2.75, 3.05) is 0 Å². The average molecular weight is 328 g/mol. The smallest absolute Gasteiger partial charge is 0.320 e. The number of carboxylic acid groups (broad SMARTS) is 1. The molecule has 0 aromatic carbocycles. The Morgan fingerprint density at radius 1 is 1.24 bits per heavy atom. The summed E-state index contributed by atoms with van der Waals surface area (Å²) < 4.78 is 0. The van der Waals surface area contributed by atoms with E-state index in [0.29, 0.717) is 12.0 Å². The Morgan fingerprint density at radius 2 is 1.76 bits per heavy atom. The van der Waals surface area contributed by atoms with Crippen molar-refractivity contribution in [3.8, 4) is 0 Å². The topological polar surface area (TPSA) is 91.8 Å². The summed E-state index contributed by atoms with van der Waals surface area (Å²) in [6, 6.07) is -0.781. The fraction of sp³-hybridized carbons (Fsp3) is 0.667. The molecule has 0 saturated carbocycles. The number of carbonyl (C=O) groups is 1. The average Bonchev–Trinajstić information content (AvgIpc) is 2.26. The molecule has 0 amide bonds. The van der Waals surface area contributed by atoms with E-state index >= 15 is 0 Å². The third-order valence-electron chi connectivity index (χ3n) is 4.57. The molecule has 3 atom stereocenters. The predicted molar refractivity (Wildman–Crippen MR) is 92.3 cm³/mol. The Labute approximate surface area is 130 Å². The van der Waals surface area contributed by atoms with Crippen LogP contribution < -0.4 is 5.73 Å². The Morgan fingerprint density at radius 3 is 2.14 bits per heavy atom. The van der Waals surface area contributed by atoms with Crippen LogP contribution in [0.15, 0.2) is 24.3 Å².